The summed E-state index contributed by atoms with van der Waals surface area (Å²) in [6.45, 7) is 5.09. The van der Waals surface area contributed by atoms with Gasteiger partial charge in [0.15, 0.2) is 0 Å². The van der Waals surface area contributed by atoms with Gasteiger partial charge in [0.2, 0.25) is 0 Å². The minimum Gasteiger partial charge on any atom is -0.507 e. The van der Waals surface area contributed by atoms with Crippen LogP contribution in [0.25, 0.3) is 5.76 Å². The Labute approximate surface area is 211 Å². The summed E-state index contributed by atoms with van der Waals surface area (Å²) in [5.74, 6) is -0.475. The number of unbranched alkanes of at least 4 members (excludes halogenated alkanes) is 2. The normalized spacial score (nSPS) is 16.8. The average Bonchev–Trinajstić information content (AvgIpc) is 3.17. The molecule has 186 valence electrons. The first kappa shape index (κ1) is 25.0. The van der Waals surface area contributed by atoms with Gasteiger partial charge in [-0.1, -0.05) is 31.9 Å². The van der Waals surface area contributed by atoms with Crippen molar-refractivity contribution in [2.75, 3.05) is 18.1 Å². The molecule has 7 nitrogen and oxygen atoms in total. The number of nitrogens with zero attached hydrogens (tertiary/aromatic N) is 2. The third-order valence-electron chi connectivity index (χ3n) is 6.00. The number of carbonyl (C=O) groups excluding carboxylic acids is 2. The van der Waals surface area contributed by atoms with Crippen molar-refractivity contribution < 1.29 is 24.2 Å². The molecule has 2 aromatic carbocycles. The van der Waals surface area contributed by atoms with Gasteiger partial charge in [0, 0.05) is 29.7 Å². The number of hydrogen-bond donors (Lipinski definition) is 1. The van der Waals surface area contributed by atoms with Gasteiger partial charge in [0.05, 0.1) is 24.8 Å². The second-order valence-corrected chi connectivity index (χ2v) is 8.47. The third kappa shape index (κ3) is 5.25. The van der Waals surface area contributed by atoms with E-state index in [4.69, 9.17) is 9.47 Å². The number of benzene rings is 2. The molecule has 7 heteroatoms. The molecule has 1 atom stereocenters. The van der Waals surface area contributed by atoms with Crippen molar-refractivity contribution in [1.82, 2.24) is 4.98 Å². The van der Waals surface area contributed by atoms with E-state index in [2.05, 4.69) is 11.9 Å². The van der Waals surface area contributed by atoms with Crippen molar-refractivity contribution in [3.8, 4) is 11.5 Å². The van der Waals surface area contributed by atoms with Crippen LogP contribution in [0.5, 0.6) is 11.5 Å². The zero-order chi connectivity index (χ0) is 25.5. The largest absolute Gasteiger partial charge is 0.507 e. The number of rotatable bonds is 10. The molecule has 1 unspecified atom stereocenters. The van der Waals surface area contributed by atoms with Gasteiger partial charge in [-0.05, 0) is 61.4 Å². The quantitative estimate of drug-likeness (QED) is 0.172. The van der Waals surface area contributed by atoms with Crippen molar-refractivity contribution in [1.29, 1.82) is 0 Å². The lowest BCUT2D eigenvalue weighted by Gasteiger charge is -2.25. The van der Waals surface area contributed by atoms with Crippen LogP contribution < -0.4 is 14.4 Å². The Morgan fingerprint density at radius 2 is 1.78 bits per heavy atom. The van der Waals surface area contributed by atoms with Crippen molar-refractivity contribution >= 4 is 23.1 Å². The number of aliphatic hydroxyl groups is 1. The molecule has 1 aromatic heterocycles. The molecule has 0 aliphatic carbocycles. The van der Waals surface area contributed by atoms with Gasteiger partial charge in [0.1, 0.15) is 17.3 Å². The molecule has 3 aromatic rings. The lowest BCUT2D eigenvalue weighted by atomic mass is 9.96. The SMILES string of the molecule is CCCCCOc1ccc(/C(O)=C2\C(=O)C(=O)N(c3cccc(OCC)c3)C2c2cccnc2)cc1. The Morgan fingerprint density at radius 3 is 2.47 bits per heavy atom. The van der Waals surface area contributed by atoms with Crippen LogP contribution in [0.15, 0.2) is 78.6 Å². The molecular formula is C29H30N2O5. The van der Waals surface area contributed by atoms with Crippen LogP contribution in [0.2, 0.25) is 0 Å². The van der Waals surface area contributed by atoms with Crippen LogP contribution in [0.3, 0.4) is 0 Å². The van der Waals surface area contributed by atoms with E-state index in [9.17, 15) is 14.7 Å². The highest BCUT2D eigenvalue weighted by atomic mass is 16.5. The maximum atomic E-state index is 13.3. The molecule has 1 aliphatic heterocycles. The Balaban J connectivity index is 1.74. The minimum atomic E-state index is -0.847. The molecule has 0 bridgehead atoms. The van der Waals surface area contributed by atoms with Gasteiger partial charge in [-0.3, -0.25) is 19.5 Å². The molecule has 1 aliphatic rings. The first-order valence-electron chi connectivity index (χ1n) is 12.2. The lowest BCUT2D eigenvalue weighted by Crippen LogP contribution is -2.29. The van der Waals surface area contributed by atoms with Gasteiger partial charge in [-0.25, -0.2) is 0 Å². The zero-order valence-electron chi connectivity index (χ0n) is 20.5. The molecule has 2 heterocycles. The first-order valence-corrected chi connectivity index (χ1v) is 12.2. The standard InChI is InChI=1S/C29H30N2O5/c1-3-5-6-17-36-23-14-12-20(13-15-23)27(32)25-26(21-9-8-16-30-19-21)31(29(34)28(25)33)22-10-7-11-24(18-22)35-4-2/h7-16,18-19,26,32H,3-6,17H2,1-2H3/b27-25+. The lowest BCUT2D eigenvalue weighted by molar-refractivity contribution is -0.132. The van der Waals surface area contributed by atoms with Crippen LogP contribution in [0.4, 0.5) is 5.69 Å². The zero-order valence-corrected chi connectivity index (χ0v) is 20.5. The molecule has 0 spiro atoms. The number of amides is 1. The van der Waals surface area contributed by atoms with Crippen LogP contribution in [-0.2, 0) is 9.59 Å². The monoisotopic (exact) mass is 486 g/mol. The molecule has 0 radical (unpaired) electrons. The summed E-state index contributed by atoms with van der Waals surface area (Å²) in [6, 6.07) is 16.5. The molecule has 0 saturated carbocycles. The van der Waals surface area contributed by atoms with Gasteiger partial charge in [0.25, 0.3) is 11.7 Å². The maximum Gasteiger partial charge on any atom is 0.300 e. The van der Waals surface area contributed by atoms with Gasteiger partial charge >= 0.3 is 0 Å². The summed E-state index contributed by atoms with van der Waals surface area (Å²) in [5.41, 5.74) is 1.53. The molecule has 1 amide bonds. The number of hydrogen-bond acceptors (Lipinski definition) is 6. The van der Waals surface area contributed by atoms with E-state index >= 15 is 0 Å². The molecule has 36 heavy (non-hydrogen) atoms. The highest BCUT2D eigenvalue weighted by Crippen LogP contribution is 2.42. The maximum absolute atomic E-state index is 13.3. The number of anilines is 1. The van der Waals surface area contributed by atoms with Crippen molar-refractivity contribution in [3.05, 3.63) is 89.8 Å². The summed E-state index contributed by atoms with van der Waals surface area (Å²) in [5, 5.41) is 11.3. The van der Waals surface area contributed by atoms with E-state index in [1.54, 1.807) is 73.1 Å². The first-order chi connectivity index (χ1) is 17.5. The molecule has 4 rings (SSSR count). The van der Waals surface area contributed by atoms with E-state index in [-0.39, 0.29) is 11.3 Å². The minimum absolute atomic E-state index is 0.00595. The fraction of sp³-hybridized carbons (Fsp3) is 0.276. The van der Waals surface area contributed by atoms with Gasteiger partial charge in [-0.2, -0.15) is 0 Å². The van der Waals surface area contributed by atoms with Crippen LogP contribution in [-0.4, -0.2) is 35.0 Å². The van der Waals surface area contributed by atoms with Crippen LogP contribution >= 0.6 is 0 Å². The summed E-state index contributed by atoms with van der Waals surface area (Å²) >= 11 is 0. The van der Waals surface area contributed by atoms with E-state index in [0.29, 0.717) is 41.5 Å². The predicted octanol–water partition coefficient (Wildman–Crippen LogP) is 5.68. The van der Waals surface area contributed by atoms with Gasteiger partial charge < -0.3 is 14.6 Å². The number of carbonyl (C=O) groups is 2. The highest BCUT2D eigenvalue weighted by Gasteiger charge is 2.47. The van der Waals surface area contributed by atoms with Crippen molar-refractivity contribution in [2.45, 2.75) is 39.2 Å². The topological polar surface area (TPSA) is 89.0 Å². The van der Waals surface area contributed by atoms with E-state index < -0.39 is 17.7 Å². The predicted molar refractivity (Wildman–Crippen MR) is 138 cm³/mol. The smallest absolute Gasteiger partial charge is 0.300 e. The fourth-order valence-electron chi connectivity index (χ4n) is 4.25. The Bertz CT molecular complexity index is 1240. The number of pyridine rings is 1. The molecule has 1 fully saturated rings. The number of aromatic nitrogens is 1. The Hall–Kier alpha value is -4.13. The number of aliphatic hydroxyl groups excluding tert-OH is 1. The summed E-state index contributed by atoms with van der Waals surface area (Å²) < 4.78 is 11.4. The molecular weight excluding hydrogens is 456 g/mol. The second kappa shape index (κ2) is 11.5. The Morgan fingerprint density at radius 1 is 0.972 bits per heavy atom. The van der Waals surface area contributed by atoms with Crippen molar-refractivity contribution in [3.63, 3.8) is 0 Å². The Kier molecular flexibility index (Phi) is 8.00. The summed E-state index contributed by atoms with van der Waals surface area (Å²) in [4.78, 5) is 32.1. The summed E-state index contributed by atoms with van der Waals surface area (Å²) in [7, 11) is 0. The second-order valence-electron chi connectivity index (χ2n) is 8.47. The number of ketones is 1. The number of ether oxygens (including phenoxy) is 2. The summed E-state index contributed by atoms with van der Waals surface area (Å²) in [6.07, 6.45) is 6.39. The number of Topliss-reactive ketones (excluding diaryl/α,β-unsaturated/α-hetero) is 1. The van der Waals surface area contributed by atoms with E-state index in [1.807, 2.05) is 6.92 Å². The van der Waals surface area contributed by atoms with Crippen molar-refractivity contribution in [2.24, 2.45) is 0 Å². The van der Waals surface area contributed by atoms with Gasteiger partial charge in [-0.15, -0.1) is 0 Å². The third-order valence-corrected chi connectivity index (χ3v) is 6.00. The van der Waals surface area contributed by atoms with Crippen LogP contribution in [0.1, 0.15) is 50.3 Å². The van der Waals surface area contributed by atoms with Crippen LogP contribution in [0, 0.1) is 0 Å². The van der Waals surface area contributed by atoms with E-state index in [0.717, 1.165) is 19.3 Å². The van der Waals surface area contributed by atoms with E-state index in [1.165, 1.54) is 4.90 Å². The fourth-order valence-corrected chi connectivity index (χ4v) is 4.25. The molecule has 1 saturated heterocycles. The molecule has 1 N–H and O–H groups in total. The average molecular weight is 487 g/mol. The highest BCUT2D eigenvalue weighted by molar-refractivity contribution is 6.51.